The summed E-state index contributed by atoms with van der Waals surface area (Å²) in [5, 5.41) is 12.6. The van der Waals surface area contributed by atoms with Crippen LogP contribution in [0.3, 0.4) is 0 Å². The van der Waals surface area contributed by atoms with E-state index in [1.165, 1.54) is 6.20 Å². The smallest absolute Gasteiger partial charge is 0.227 e. The number of aliphatic hydroxyl groups is 1. The molecular weight excluding hydrogens is 301 g/mol. The first-order chi connectivity index (χ1) is 10.9. The lowest BCUT2D eigenvalue weighted by molar-refractivity contribution is -0.138. The zero-order valence-electron chi connectivity index (χ0n) is 13.4. The minimum absolute atomic E-state index is 0.0245. The Morgan fingerprint density at radius 1 is 1.43 bits per heavy atom. The van der Waals surface area contributed by atoms with Crippen LogP contribution < -0.4 is 15.1 Å². The van der Waals surface area contributed by atoms with E-state index in [0.29, 0.717) is 44.8 Å². The molecule has 8 heteroatoms. The van der Waals surface area contributed by atoms with E-state index in [1.807, 2.05) is 4.90 Å². The van der Waals surface area contributed by atoms with Gasteiger partial charge in [0.25, 0.3) is 0 Å². The number of rotatable bonds is 2. The molecule has 0 aromatic carbocycles. The lowest BCUT2D eigenvalue weighted by Crippen LogP contribution is -2.56. The van der Waals surface area contributed by atoms with Crippen molar-refractivity contribution in [2.45, 2.75) is 25.4 Å². The first-order valence-corrected chi connectivity index (χ1v) is 7.82. The van der Waals surface area contributed by atoms with Crippen LogP contribution in [0.25, 0.3) is 0 Å². The van der Waals surface area contributed by atoms with Crippen LogP contribution in [0.2, 0.25) is 0 Å². The van der Waals surface area contributed by atoms with Crippen LogP contribution in [0.4, 0.5) is 16.2 Å². The zero-order valence-corrected chi connectivity index (χ0v) is 13.4. The number of β-amino-alcohol motifs (C(OH)–C–C–N with tert-alkyl or cyclic N) is 1. The van der Waals surface area contributed by atoms with Crippen molar-refractivity contribution >= 4 is 17.7 Å². The van der Waals surface area contributed by atoms with E-state index in [-0.39, 0.29) is 11.7 Å². The molecule has 2 fully saturated rings. The van der Waals surface area contributed by atoms with Gasteiger partial charge in [-0.3, -0.25) is 4.79 Å². The predicted octanol–water partition coefficient (Wildman–Crippen LogP) is 0.149. The molecule has 1 aromatic rings. The van der Waals surface area contributed by atoms with Gasteiger partial charge < -0.3 is 20.2 Å². The van der Waals surface area contributed by atoms with Gasteiger partial charge in [0.2, 0.25) is 11.9 Å². The van der Waals surface area contributed by atoms with Gasteiger partial charge in [-0.05, 0) is 19.3 Å². The molecule has 0 aliphatic carbocycles. The summed E-state index contributed by atoms with van der Waals surface area (Å²) >= 11 is 0. The maximum atomic E-state index is 13.7. The molecule has 0 saturated carbocycles. The average molecular weight is 323 g/mol. The second kappa shape index (κ2) is 5.92. The van der Waals surface area contributed by atoms with Gasteiger partial charge in [0, 0.05) is 33.7 Å². The Morgan fingerprint density at radius 2 is 2.13 bits per heavy atom. The molecule has 1 unspecified atom stereocenters. The number of carbonyl (C=O) groups excluding carboxylic acids is 1. The number of piperidine rings is 2. The van der Waals surface area contributed by atoms with Crippen LogP contribution in [0.1, 0.15) is 19.3 Å². The molecule has 1 spiro atoms. The minimum atomic E-state index is -0.501. The van der Waals surface area contributed by atoms with Crippen molar-refractivity contribution in [3.63, 3.8) is 0 Å². The summed E-state index contributed by atoms with van der Waals surface area (Å²) in [7, 11) is 3.46. The average Bonchev–Trinajstić information content (AvgIpc) is 2.52. The Hall–Kier alpha value is -1.96. The van der Waals surface area contributed by atoms with Gasteiger partial charge in [-0.1, -0.05) is 0 Å². The Morgan fingerprint density at radius 3 is 2.78 bits per heavy atom. The highest BCUT2D eigenvalue weighted by atomic mass is 19.1. The van der Waals surface area contributed by atoms with Crippen molar-refractivity contribution in [2.24, 2.45) is 5.41 Å². The molecule has 7 nitrogen and oxygen atoms in total. The third-order valence-electron chi connectivity index (χ3n) is 4.75. The van der Waals surface area contributed by atoms with Crippen LogP contribution in [0, 0.1) is 11.2 Å². The number of halogens is 1. The van der Waals surface area contributed by atoms with Crippen molar-refractivity contribution in [1.29, 1.82) is 0 Å². The number of carbonyl (C=O) groups is 1. The van der Waals surface area contributed by atoms with Gasteiger partial charge in [0.1, 0.15) is 0 Å². The number of aromatic nitrogens is 2. The molecule has 1 amide bonds. The first-order valence-electron chi connectivity index (χ1n) is 7.82. The Labute approximate surface area is 134 Å². The van der Waals surface area contributed by atoms with Crippen molar-refractivity contribution in [3.8, 4) is 0 Å². The summed E-state index contributed by atoms with van der Waals surface area (Å²) in [5.41, 5.74) is -0.501. The Bertz CT molecular complexity index is 602. The summed E-state index contributed by atoms with van der Waals surface area (Å²) in [6.45, 7) is 1.55. The zero-order chi connectivity index (χ0) is 16.6. The maximum absolute atomic E-state index is 13.7. The van der Waals surface area contributed by atoms with Gasteiger partial charge in [0.05, 0.1) is 17.7 Å². The second-order valence-corrected chi connectivity index (χ2v) is 6.57. The summed E-state index contributed by atoms with van der Waals surface area (Å²) in [5.74, 6) is 0.293. The number of nitrogens with zero attached hydrogens (tertiary/aromatic N) is 4. The summed E-state index contributed by atoms with van der Waals surface area (Å²) in [6.07, 6.45) is 2.46. The Kier molecular flexibility index (Phi) is 4.09. The fourth-order valence-corrected chi connectivity index (χ4v) is 3.39. The quantitative estimate of drug-likeness (QED) is 0.806. The van der Waals surface area contributed by atoms with Crippen LogP contribution in [0.15, 0.2) is 6.20 Å². The molecule has 1 aromatic heterocycles. The molecular formula is C15H22FN5O2. The van der Waals surface area contributed by atoms with E-state index in [4.69, 9.17) is 0 Å². The third-order valence-corrected chi connectivity index (χ3v) is 4.75. The summed E-state index contributed by atoms with van der Waals surface area (Å²) in [4.78, 5) is 24.1. The second-order valence-electron chi connectivity index (χ2n) is 6.57. The molecule has 2 aliphatic heterocycles. The topological polar surface area (TPSA) is 81.6 Å². The predicted molar refractivity (Wildman–Crippen MR) is 83.8 cm³/mol. The molecule has 3 rings (SSSR count). The molecule has 23 heavy (non-hydrogen) atoms. The van der Waals surface area contributed by atoms with Crippen LogP contribution in [-0.4, -0.2) is 60.8 Å². The largest absolute Gasteiger partial charge is 0.391 e. The minimum Gasteiger partial charge on any atom is -0.391 e. The normalized spacial score (nSPS) is 23.7. The molecule has 3 heterocycles. The highest BCUT2D eigenvalue weighted by Crippen LogP contribution is 2.39. The highest BCUT2D eigenvalue weighted by Gasteiger charge is 2.45. The number of nitrogens with one attached hydrogen (secondary N) is 1. The fourth-order valence-electron chi connectivity index (χ4n) is 3.39. The molecule has 126 valence electrons. The van der Waals surface area contributed by atoms with Crippen molar-refractivity contribution in [2.75, 3.05) is 43.5 Å². The SMILES string of the molecule is CN(C)c1nc(N2CCC3(CC2)CC(O)CNC3=O)ncc1F. The standard InChI is InChI=1S/C15H22FN5O2/c1-20(2)12-11(16)9-18-14(19-12)21-5-3-15(4-6-21)7-10(22)8-17-13(15)23/h9-10,22H,3-8H2,1-2H3,(H,17,23). The van der Waals surface area contributed by atoms with Gasteiger partial charge in [-0.15, -0.1) is 0 Å². The van der Waals surface area contributed by atoms with Crippen molar-refractivity contribution in [3.05, 3.63) is 12.0 Å². The van der Waals surface area contributed by atoms with Gasteiger partial charge in [-0.25, -0.2) is 9.37 Å². The fraction of sp³-hybridized carbons (Fsp3) is 0.667. The van der Waals surface area contributed by atoms with Crippen LogP contribution >= 0.6 is 0 Å². The lowest BCUT2D eigenvalue weighted by atomic mass is 9.71. The van der Waals surface area contributed by atoms with Gasteiger partial charge in [-0.2, -0.15) is 4.98 Å². The number of hydrogen-bond donors (Lipinski definition) is 2. The van der Waals surface area contributed by atoms with E-state index in [1.54, 1.807) is 19.0 Å². The van der Waals surface area contributed by atoms with Gasteiger partial charge >= 0.3 is 0 Å². The number of amides is 1. The maximum Gasteiger partial charge on any atom is 0.227 e. The summed E-state index contributed by atoms with van der Waals surface area (Å²) in [6, 6.07) is 0. The van der Waals surface area contributed by atoms with Crippen LogP contribution in [-0.2, 0) is 4.79 Å². The van der Waals surface area contributed by atoms with E-state index in [0.717, 1.165) is 0 Å². The van der Waals surface area contributed by atoms with Crippen molar-refractivity contribution in [1.82, 2.24) is 15.3 Å². The number of aliphatic hydroxyl groups excluding tert-OH is 1. The first kappa shape index (κ1) is 15.9. The molecule has 1 atom stereocenters. The van der Waals surface area contributed by atoms with E-state index in [2.05, 4.69) is 15.3 Å². The van der Waals surface area contributed by atoms with E-state index < -0.39 is 17.3 Å². The van der Waals surface area contributed by atoms with Gasteiger partial charge in [0.15, 0.2) is 11.6 Å². The molecule has 2 aliphatic rings. The Balaban J connectivity index is 1.74. The summed E-state index contributed by atoms with van der Waals surface area (Å²) < 4.78 is 13.7. The monoisotopic (exact) mass is 323 g/mol. The van der Waals surface area contributed by atoms with E-state index in [9.17, 15) is 14.3 Å². The van der Waals surface area contributed by atoms with E-state index >= 15 is 0 Å². The third kappa shape index (κ3) is 2.95. The molecule has 0 bridgehead atoms. The molecule has 2 saturated heterocycles. The molecule has 0 radical (unpaired) electrons. The lowest BCUT2D eigenvalue weighted by Gasteiger charge is -2.44. The highest BCUT2D eigenvalue weighted by molar-refractivity contribution is 5.83. The van der Waals surface area contributed by atoms with Crippen molar-refractivity contribution < 1.29 is 14.3 Å². The van der Waals surface area contributed by atoms with Crippen LogP contribution in [0.5, 0.6) is 0 Å². The molecule has 2 N–H and O–H groups in total. The number of hydrogen-bond acceptors (Lipinski definition) is 6. The number of anilines is 2.